The SMILES string of the molecule is Cc1ccc(S(=O)C(c2ccc(CN)cn2)c2cc(F)ccc2F)cc1. The lowest BCUT2D eigenvalue weighted by Crippen LogP contribution is -2.13. The second kappa shape index (κ2) is 7.85. The monoisotopic (exact) mass is 372 g/mol. The molecule has 0 fully saturated rings. The minimum absolute atomic E-state index is 0.0110. The predicted octanol–water partition coefficient (Wildman–Crippen LogP) is 4.02. The van der Waals surface area contributed by atoms with Crippen molar-refractivity contribution in [1.82, 2.24) is 4.98 Å². The maximum Gasteiger partial charge on any atom is 0.128 e. The summed E-state index contributed by atoms with van der Waals surface area (Å²) >= 11 is 0. The van der Waals surface area contributed by atoms with Crippen LogP contribution in [0.3, 0.4) is 0 Å². The van der Waals surface area contributed by atoms with Gasteiger partial charge in [-0.25, -0.2) is 8.78 Å². The van der Waals surface area contributed by atoms with Gasteiger partial charge in [-0.1, -0.05) is 23.8 Å². The highest BCUT2D eigenvalue weighted by molar-refractivity contribution is 7.85. The van der Waals surface area contributed by atoms with Crippen molar-refractivity contribution in [2.45, 2.75) is 23.6 Å². The summed E-state index contributed by atoms with van der Waals surface area (Å²) in [5, 5.41) is -0.930. The zero-order valence-electron chi connectivity index (χ0n) is 14.2. The maximum absolute atomic E-state index is 14.4. The molecule has 0 radical (unpaired) electrons. The molecule has 1 aromatic heterocycles. The molecule has 2 atom stereocenters. The van der Waals surface area contributed by atoms with Crippen LogP contribution in [0, 0.1) is 18.6 Å². The predicted molar refractivity (Wildman–Crippen MR) is 97.9 cm³/mol. The van der Waals surface area contributed by atoms with Crippen LogP contribution in [0.2, 0.25) is 0 Å². The molecule has 6 heteroatoms. The molecule has 3 aromatic rings. The zero-order valence-corrected chi connectivity index (χ0v) is 15.0. The van der Waals surface area contributed by atoms with Gasteiger partial charge in [0.05, 0.1) is 16.5 Å². The number of aromatic nitrogens is 1. The molecule has 0 aliphatic heterocycles. The number of rotatable bonds is 5. The van der Waals surface area contributed by atoms with Crippen LogP contribution in [0.5, 0.6) is 0 Å². The Morgan fingerprint density at radius 1 is 1.08 bits per heavy atom. The summed E-state index contributed by atoms with van der Waals surface area (Å²) in [6.07, 6.45) is 1.56. The second-order valence-corrected chi connectivity index (χ2v) is 7.49. The van der Waals surface area contributed by atoms with E-state index >= 15 is 0 Å². The van der Waals surface area contributed by atoms with Crippen molar-refractivity contribution < 1.29 is 13.0 Å². The first-order valence-corrected chi connectivity index (χ1v) is 9.28. The molecular weight excluding hydrogens is 354 g/mol. The number of pyridine rings is 1. The summed E-state index contributed by atoms with van der Waals surface area (Å²) < 4.78 is 41.4. The van der Waals surface area contributed by atoms with Crippen molar-refractivity contribution in [2.24, 2.45) is 5.73 Å². The van der Waals surface area contributed by atoms with E-state index in [1.807, 2.05) is 19.1 Å². The lowest BCUT2D eigenvalue weighted by Gasteiger charge is -2.18. The lowest BCUT2D eigenvalue weighted by molar-refractivity contribution is 0.584. The molecule has 134 valence electrons. The summed E-state index contributed by atoms with van der Waals surface area (Å²) in [6.45, 7) is 2.23. The van der Waals surface area contributed by atoms with Crippen LogP contribution in [0.15, 0.2) is 65.7 Å². The van der Waals surface area contributed by atoms with Crippen molar-refractivity contribution in [3.8, 4) is 0 Å². The Labute approximate surface area is 153 Å². The summed E-state index contributed by atoms with van der Waals surface area (Å²) in [4.78, 5) is 4.82. The molecule has 0 bridgehead atoms. The first-order valence-electron chi connectivity index (χ1n) is 8.06. The number of halogens is 2. The van der Waals surface area contributed by atoms with E-state index in [0.717, 1.165) is 29.3 Å². The van der Waals surface area contributed by atoms with E-state index in [1.54, 1.807) is 30.5 Å². The van der Waals surface area contributed by atoms with Crippen LogP contribution in [-0.4, -0.2) is 9.19 Å². The molecule has 2 aromatic carbocycles. The normalized spacial score (nSPS) is 13.4. The van der Waals surface area contributed by atoms with Gasteiger partial charge in [-0.15, -0.1) is 0 Å². The van der Waals surface area contributed by atoms with E-state index in [9.17, 15) is 13.0 Å². The standard InChI is InChI=1S/C20H18F2N2OS/c1-13-2-6-16(7-3-13)26(25)20(17-10-15(21)5-8-18(17)22)19-9-4-14(11-23)12-24-19/h2-10,12,20H,11,23H2,1H3. The lowest BCUT2D eigenvalue weighted by atomic mass is 10.1. The van der Waals surface area contributed by atoms with E-state index < -0.39 is 27.7 Å². The molecule has 2 N–H and O–H groups in total. The van der Waals surface area contributed by atoms with Crippen LogP contribution in [0.4, 0.5) is 8.78 Å². The summed E-state index contributed by atoms with van der Waals surface area (Å²) in [6, 6.07) is 13.7. The topological polar surface area (TPSA) is 56.0 Å². The first-order chi connectivity index (χ1) is 12.5. The fourth-order valence-corrected chi connectivity index (χ4v) is 4.07. The van der Waals surface area contributed by atoms with E-state index in [0.29, 0.717) is 17.1 Å². The van der Waals surface area contributed by atoms with Gasteiger partial charge in [0.15, 0.2) is 0 Å². The minimum Gasteiger partial charge on any atom is -0.326 e. The van der Waals surface area contributed by atoms with E-state index in [-0.39, 0.29) is 5.56 Å². The van der Waals surface area contributed by atoms with Crippen LogP contribution >= 0.6 is 0 Å². The average molecular weight is 372 g/mol. The van der Waals surface area contributed by atoms with Crippen molar-refractivity contribution in [2.75, 3.05) is 0 Å². The summed E-state index contributed by atoms with van der Waals surface area (Å²) in [5.74, 6) is -1.22. The number of hydrogen-bond donors (Lipinski definition) is 1. The maximum atomic E-state index is 14.4. The first kappa shape index (κ1) is 18.4. The van der Waals surface area contributed by atoms with Crippen molar-refractivity contribution in [1.29, 1.82) is 0 Å². The molecule has 0 amide bonds. The van der Waals surface area contributed by atoms with Gasteiger partial charge in [-0.3, -0.25) is 9.19 Å². The molecule has 2 unspecified atom stereocenters. The number of hydrogen-bond acceptors (Lipinski definition) is 3. The fraction of sp³-hybridized carbons (Fsp3) is 0.150. The molecule has 0 aliphatic rings. The van der Waals surface area contributed by atoms with Gasteiger partial charge < -0.3 is 5.73 Å². The highest BCUT2D eigenvalue weighted by atomic mass is 32.2. The van der Waals surface area contributed by atoms with E-state index in [2.05, 4.69) is 4.98 Å². The van der Waals surface area contributed by atoms with E-state index in [4.69, 9.17) is 5.73 Å². The molecule has 3 rings (SSSR count). The molecule has 26 heavy (non-hydrogen) atoms. The highest BCUT2D eigenvalue weighted by Crippen LogP contribution is 2.33. The van der Waals surface area contributed by atoms with Crippen LogP contribution < -0.4 is 5.73 Å². The van der Waals surface area contributed by atoms with Gasteiger partial charge in [0, 0.05) is 23.2 Å². The Morgan fingerprint density at radius 2 is 1.81 bits per heavy atom. The number of benzene rings is 2. The number of aryl methyl sites for hydroxylation is 1. The Morgan fingerprint density at radius 3 is 2.42 bits per heavy atom. The van der Waals surface area contributed by atoms with Gasteiger partial charge in [0.2, 0.25) is 0 Å². The highest BCUT2D eigenvalue weighted by Gasteiger charge is 2.27. The second-order valence-electron chi connectivity index (χ2n) is 5.95. The summed E-state index contributed by atoms with van der Waals surface area (Å²) in [7, 11) is -1.66. The Hall–Kier alpha value is -2.44. The quantitative estimate of drug-likeness (QED) is 0.736. The zero-order chi connectivity index (χ0) is 18.7. The van der Waals surface area contributed by atoms with Crippen LogP contribution in [0.25, 0.3) is 0 Å². The largest absolute Gasteiger partial charge is 0.326 e. The molecule has 3 nitrogen and oxygen atoms in total. The van der Waals surface area contributed by atoms with Gasteiger partial charge in [0.1, 0.15) is 16.9 Å². The Kier molecular flexibility index (Phi) is 5.54. The average Bonchev–Trinajstić information content (AvgIpc) is 2.66. The third-order valence-corrected chi connectivity index (χ3v) is 5.72. The molecule has 0 saturated carbocycles. The molecule has 0 aliphatic carbocycles. The van der Waals surface area contributed by atoms with Crippen molar-refractivity contribution in [3.05, 3.63) is 94.8 Å². The smallest absolute Gasteiger partial charge is 0.128 e. The van der Waals surface area contributed by atoms with Crippen LogP contribution in [-0.2, 0) is 17.3 Å². The van der Waals surface area contributed by atoms with Gasteiger partial charge in [-0.05, 0) is 48.9 Å². The van der Waals surface area contributed by atoms with Crippen LogP contribution in [0.1, 0.15) is 27.6 Å². The number of nitrogens with zero attached hydrogens (tertiary/aromatic N) is 1. The molecular formula is C20H18F2N2OS. The molecule has 0 spiro atoms. The van der Waals surface area contributed by atoms with Gasteiger partial charge in [-0.2, -0.15) is 0 Å². The summed E-state index contributed by atoms with van der Waals surface area (Å²) in [5.41, 5.74) is 7.81. The van der Waals surface area contributed by atoms with Crippen molar-refractivity contribution >= 4 is 10.8 Å². The fourth-order valence-electron chi connectivity index (χ4n) is 2.62. The Balaban J connectivity index is 2.13. The Bertz CT molecular complexity index is 928. The van der Waals surface area contributed by atoms with Gasteiger partial charge in [0.25, 0.3) is 0 Å². The molecule has 1 heterocycles. The minimum atomic E-state index is -1.66. The third-order valence-electron chi connectivity index (χ3n) is 4.06. The third kappa shape index (κ3) is 3.86. The van der Waals surface area contributed by atoms with E-state index in [1.165, 1.54) is 0 Å². The number of nitrogens with two attached hydrogens (primary N) is 1. The van der Waals surface area contributed by atoms with Crippen molar-refractivity contribution in [3.63, 3.8) is 0 Å². The molecule has 0 saturated heterocycles. The van der Waals surface area contributed by atoms with Gasteiger partial charge >= 0.3 is 0 Å².